The van der Waals surface area contributed by atoms with Gasteiger partial charge in [-0.15, -0.1) is 0 Å². The molecule has 0 heterocycles. The SMILES string of the molecule is O=C(OC(C(F)(F)F)C(F)(F)S(=O)(=O)O)C12CCC3CC(CC(C3)C1)C2. The van der Waals surface area contributed by atoms with Crippen LogP contribution in [-0.2, 0) is 19.6 Å². The first-order valence-corrected chi connectivity index (χ1v) is 9.81. The first kappa shape index (κ1) is 19.8. The monoisotopic (exact) mass is 406 g/mol. The van der Waals surface area contributed by atoms with Crippen molar-refractivity contribution >= 4 is 16.1 Å². The minimum atomic E-state index is -6.42. The van der Waals surface area contributed by atoms with Crippen LogP contribution in [0, 0.1) is 23.2 Å². The smallest absolute Gasteiger partial charge is 0.432 e. The normalized spacial score (nSPS) is 35.8. The summed E-state index contributed by atoms with van der Waals surface area (Å²) in [6, 6.07) is 0. The van der Waals surface area contributed by atoms with Gasteiger partial charge in [0.25, 0.3) is 6.10 Å². The maximum Gasteiger partial charge on any atom is 0.432 e. The molecule has 5 nitrogen and oxygen atoms in total. The van der Waals surface area contributed by atoms with Crippen molar-refractivity contribution in [2.24, 2.45) is 23.2 Å². The van der Waals surface area contributed by atoms with Gasteiger partial charge in [0, 0.05) is 0 Å². The molecule has 4 aliphatic carbocycles. The van der Waals surface area contributed by atoms with Gasteiger partial charge in [-0.25, -0.2) is 0 Å². The molecule has 0 aliphatic heterocycles. The molecule has 0 aromatic rings. The van der Waals surface area contributed by atoms with E-state index >= 15 is 0 Å². The van der Waals surface area contributed by atoms with Crippen LogP contribution in [0.25, 0.3) is 0 Å². The molecule has 0 saturated heterocycles. The Morgan fingerprint density at radius 3 is 2.00 bits per heavy atom. The third kappa shape index (κ3) is 3.32. The van der Waals surface area contributed by atoms with Crippen molar-refractivity contribution in [2.75, 3.05) is 0 Å². The number of esters is 1. The lowest BCUT2D eigenvalue weighted by Gasteiger charge is -2.44. The molecule has 0 aromatic heterocycles. The van der Waals surface area contributed by atoms with Crippen molar-refractivity contribution in [2.45, 2.75) is 62.5 Å². The van der Waals surface area contributed by atoms with Crippen LogP contribution in [0.5, 0.6) is 0 Å². The molecule has 4 aliphatic rings. The van der Waals surface area contributed by atoms with E-state index in [0.29, 0.717) is 12.3 Å². The van der Waals surface area contributed by atoms with Crippen LogP contribution >= 0.6 is 0 Å². The minimum absolute atomic E-state index is 0.133. The zero-order valence-corrected chi connectivity index (χ0v) is 14.5. The summed E-state index contributed by atoms with van der Waals surface area (Å²) < 4.78 is 100. The maximum absolute atomic E-state index is 13.7. The van der Waals surface area contributed by atoms with E-state index in [-0.39, 0.29) is 31.1 Å². The van der Waals surface area contributed by atoms with Crippen LogP contribution < -0.4 is 0 Å². The fourth-order valence-electron chi connectivity index (χ4n) is 5.11. The van der Waals surface area contributed by atoms with Gasteiger partial charge in [-0.3, -0.25) is 9.35 Å². The molecule has 0 spiro atoms. The predicted molar refractivity (Wildman–Crippen MR) is 77.7 cm³/mol. The average molecular weight is 406 g/mol. The van der Waals surface area contributed by atoms with Crippen LogP contribution in [0.1, 0.15) is 44.9 Å². The van der Waals surface area contributed by atoms with Crippen molar-refractivity contribution in [1.29, 1.82) is 0 Å². The highest BCUT2D eigenvalue weighted by Gasteiger charge is 2.67. The lowest BCUT2D eigenvalue weighted by molar-refractivity contribution is -0.264. The van der Waals surface area contributed by atoms with E-state index in [1.54, 1.807) is 0 Å². The summed E-state index contributed by atoms with van der Waals surface area (Å²) in [4.78, 5) is 12.5. The highest BCUT2D eigenvalue weighted by atomic mass is 32.2. The van der Waals surface area contributed by atoms with Crippen molar-refractivity contribution in [1.82, 2.24) is 0 Å². The summed E-state index contributed by atoms with van der Waals surface area (Å²) in [6.45, 7) is 0. The molecule has 3 unspecified atom stereocenters. The van der Waals surface area contributed by atoms with Gasteiger partial charge in [0.2, 0.25) is 0 Å². The summed E-state index contributed by atoms with van der Waals surface area (Å²) >= 11 is 0. The number of carbonyl (C=O) groups excluding carboxylic acids is 1. The van der Waals surface area contributed by atoms with Crippen LogP contribution in [0.15, 0.2) is 0 Å². The van der Waals surface area contributed by atoms with Crippen LogP contribution in [0.4, 0.5) is 22.0 Å². The fraction of sp³-hybridized carbons (Fsp3) is 0.933. The summed E-state index contributed by atoms with van der Waals surface area (Å²) in [5.74, 6) is -0.808. The topological polar surface area (TPSA) is 80.7 Å². The van der Waals surface area contributed by atoms with Crippen molar-refractivity contribution < 1.29 is 44.5 Å². The Bertz CT molecular complexity index is 675. The number of halogens is 5. The molecule has 4 fully saturated rings. The first-order chi connectivity index (χ1) is 11.7. The van der Waals surface area contributed by atoms with Gasteiger partial charge in [0.15, 0.2) is 0 Å². The summed E-state index contributed by atoms with van der Waals surface area (Å²) in [7, 11) is -6.42. The van der Waals surface area contributed by atoms with Gasteiger partial charge in [-0.1, -0.05) is 0 Å². The predicted octanol–water partition coefficient (Wildman–Crippen LogP) is 3.55. The standard InChI is InChI=1S/C15H19F5O5S/c16-14(17,18)11(15(19,20)26(22,23)24)25-12(21)13-2-1-8-3-9(6-13)5-10(4-8)7-13/h8-11H,1-7H2,(H,22,23,24). The molecule has 26 heavy (non-hydrogen) atoms. The third-order valence-electron chi connectivity index (χ3n) is 5.99. The van der Waals surface area contributed by atoms with E-state index in [0.717, 1.165) is 19.3 Å². The molecule has 4 saturated carbocycles. The molecular weight excluding hydrogens is 387 g/mol. The number of rotatable bonds is 4. The molecule has 3 atom stereocenters. The molecule has 0 radical (unpaired) electrons. The number of carbonyl (C=O) groups is 1. The molecule has 4 rings (SSSR count). The summed E-state index contributed by atoms with van der Waals surface area (Å²) in [6.07, 6.45) is -6.15. The maximum atomic E-state index is 13.7. The quantitative estimate of drug-likeness (QED) is 0.439. The molecular formula is C15H19F5O5S. The van der Waals surface area contributed by atoms with Gasteiger partial charge >= 0.3 is 27.5 Å². The van der Waals surface area contributed by atoms with Crippen molar-refractivity contribution in [3.05, 3.63) is 0 Å². The molecule has 0 aromatic carbocycles. The Hall–Kier alpha value is -0.970. The Morgan fingerprint density at radius 2 is 1.54 bits per heavy atom. The Kier molecular flexibility index (Phi) is 4.58. The number of alkyl halides is 5. The Morgan fingerprint density at radius 1 is 1.04 bits per heavy atom. The van der Waals surface area contributed by atoms with E-state index in [1.807, 2.05) is 0 Å². The highest BCUT2D eigenvalue weighted by Crippen LogP contribution is 2.58. The summed E-state index contributed by atoms with van der Waals surface area (Å²) in [5.41, 5.74) is -1.29. The minimum Gasteiger partial charge on any atom is -0.444 e. The molecule has 4 bridgehead atoms. The van der Waals surface area contributed by atoms with E-state index in [2.05, 4.69) is 4.74 Å². The Labute approximate surface area is 147 Å². The van der Waals surface area contributed by atoms with Gasteiger partial charge < -0.3 is 4.74 Å². The zero-order valence-electron chi connectivity index (χ0n) is 13.6. The van der Waals surface area contributed by atoms with Crippen LogP contribution in [0.3, 0.4) is 0 Å². The van der Waals surface area contributed by atoms with Gasteiger partial charge in [0.05, 0.1) is 5.41 Å². The number of ether oxygens (including phenoxy) is 1. The third-order valence-corrected chi connectivity index (χ3v) is 6.90. The van der Waals surface area contributed by atoms with Crippen molar-refractivity contribution in [3.63, 3.8) is 0 Å². The van der Waals surface area contributed by atoms with Gasteiger partial charge in [0.1, 0.15) is 0 Å². The zero-order chi connectivity index (χ0) is 19.5. The van der Waals surface area contributed by atoms with E-state index in [9.17, 15) is 35.2 Å². The van der Waals surface area contributed by atoms with Gasteiger partial charge in [-0.2, -0.15) is 30.4 Å². The van der Waals surface area contributed by atoms with E-state index in [4.69, 9.17) is 4.55 Å². The molecule has 11 heteroatoms. The molecule has 150 valence electrons. The second-order valence-electron chi connectivity index (χ2n) is 7.90. The van der Waals surface area contributed by atoms with Crippen molar-refractivity contribution in [3.8, 4) is 0 Å². The number of hydrogen-bond acceptors (Lipinski definition) is 4. The largest absolute Gasteiger partial charge is 0.444 e. The first-order valence-electron chi connectivity index (χ1n) is 8.37. The summed E-state index contributed by atoms with van der Waals surface area (Å²) in [5, 5.41) is -5.68. The lowest BCUT2D eigenvalue weighted by atomic mass is 9.61. The van der Waals surface area contributed by atoms with Crippen LogP contribution in [-0.4, -0.2) is 36.5 Å². The average Bonchev–Trinajstić information content (AvgIpc) is 2.67. The van der Waals surface area contributed by atoms with E-state index < -0.39 is 39.0 Å². The Balaban J connectivity index is 1.89. The number of fused-ring (bicyclic) bond motifs is 1. The van der Waals surface area contributed by atoms with Gasteiger partial charge in [-0.05, 0) is 62.7 Å². The lowest BCUT2D eigenvalue weighted by Crippen LogP contribution is -2.54. The molecule has 1 N–H and O–H groups in total. The number of hydrogen-bond donors (Lipinski definition) is 1. The van der Waals surface area contributed by atoms with E-state index in [1.165, 1.54) is 0 Å². The highest BCUT2D eigenvalue weighted by molar-refractivity contribution is 7.86. The second-order valence-corrected chi connectivity index (χ2v) is 9.39. The second kappa shape index (κ2) is 6.02. The molecule has 0 amide bonds. The fourth-order valence-corrected chi connectivity index (χ4v) is 5.56. The van der Waals surface area contributed by atoms with Crippen LogP contribution in [0.2, 0.25) is 0 Å².